The standard InChI is InChI=1S/C20H23N5/c1-14(16-9-5-3-6-10-16)22-18-13-19(25-20(21)24-18)23-15(2)17-11-7-4-8-12-17/h3-15H,1-2H3,(H4,21,22,23,24,25)/t14-,15?/m0/s1. The van der Waals surface area contributed by atoms with Gasteiger partial charge in [0.15, 0.2) is 0 Å². The second-order valence-electron chi connectivity index (χ2n) is 6.05. The van der Waals surface area contributed by atoms with E-state index >= 15 is 0 Å². The molecule has 5 nitrogen and oxygen atoms in total. The van der Waals surface area contributed by atoms with Gasteiger partial charge in [-0.15, -0.1) is 0 Å². The first-order valence-electron chi connectivity index (χ1n) is 8.39. The lowest BCUT2D eigenvalue weighted by molar-refractivity contribution is 0.861. The molecule has 0 fully saturated rings. The average molecular weight is 333 g/mol. The van der Waals surface area contributed by atoms with Crippen LogP contribution in [0.4, 0.5) is 17.6 Å². The lowest BCUT2D eigenvalue weighted by atomic mass is 10.1. The van der Waals surface area contributed by atoms with Crippen molar-refractivity contribution in [3.63, 3.8) is 0 Å². The van der Waals surface area contributed by atoms with Crippen LogP contribution in [0.25, 0.3) is 0 Å². The van der Waals surface area contributed by atoms with Crippen LogP contribution < -0.4 is 16.4 Å². The zero-order valence-corrected chi connectivity index (χ0v) is 14.5. The van der Waals surface area contributed by atoms with Gasteiger partial charge in [0.25, 0.3) is 0 Å². The van der Waals surface area contributed by atoms with Gasteiger partial charge in [0, 0.05) is 18.2 Å². The third-order valence-corrected chi connectivity index (χ3v) is 4.07. The summed E-state index contributed by atoms with van der Waals surface area (Å²) in [6, 6.07) is 22.6. The maximum Gasteiger partial charge on any atom is 0.223 e. The molecule has 0 saturated carbocycles. The Morgan fingerprint density at radius 3 is 1.52 bits per heavy atom. The van der Waals surface area contributed by atoms with Crippen LogP contribution in [0.3, 0.4) is 0 Å². The van der Waals surface area contributed by atoms with Crippen LogP contribution in [0.15, 0.2) is 66.7 Å². The zero-order chi connectivity index (χ0) is 17.6. The van der Waals surface area contributed by atoms with Gasteiger partial charge in [0.1, 0.15) is 11.6 Å². The fourth-order valence-electron chi connectivity index (χ4n) is 2.71. The predicted octanol–water partition coefficient (Wildman–Crippen LogP) is 4.41. The normalized spacial score (nSPS) is 13.0. The number of nitrogens with one attached hydrogen (secondary N) is 2. The first-order chi connectivity index (χ1) is 12.1. The molecule has 1 unspecified atom stereocenters. The number of nitrogens with zero attached hydrogens (tertiary/aromatic N) is 2. The maximum atomic E-state index is 5.89. The van der Waals surface area contributed by atoms with Crippen LogP contribution in [0.5, 0.6) is 0 Å². The molecule has 0 saturated heterocycles. The Morgan fingerprint density at radius 1 is 0.720 bits per heavy atom. The Labute approximate surface area is 148 Å². The topological polar surface area (TPSA) is 75.9 Å². The Kier molecular flexibility index (Phi) is 5.14. The summed E-state index contributed by atoms with van der Waals surface area (Å²) >= 11 is 0. The summed E-state index contributed by atoms with van der Waals surface area (Å²) in [4.78, 5) is 8.59. The summed E-state index contributed by atoms with van der Waals surface area (Å²) in [7, 11) is 0. The molecular weight excluding hydrogens is 310 g/mol. The molecule has 25 heavy (non-hydrogen) atoms. The molecule has 5 heteroatoms. The molecule has 0 aliphatic carbocycles. The largest absolute Gasteiger partial charge is 0.368 e. The minimum Gasteiger partial charge on any atom is -0.368 e. The SMILES string of the molecule is CC(Nc1cc(N[C@@H](C)c2ccccc2)nc(N)n1)c1ccccc1. The summed E-state index contributed by atoms with van der Waals surface area (Å²) in [5.41, 5.74) is 8.26. The number of aromatic nitrogens is 2. The molecule has 0 aliphatic rings. The number of benzene rings is 2. The second-order valence-corrected chi connectivity index (χ2v) is 6.05. The third kappa shape index (κ3) is 4.47. The van der Waals surface area contributed by atoms with Gasteiger partial charge in [-0.3, -0.25) is 0 Å². The molecule has 1 aromatic heterocycles. The van der Waals surface area contributed by atoms with Crippen molar-refractivity contribution in [2.45, 2.75) is 25.9 Å². The fraction of sp³-hybridized carbons (Fsp3) is 0.200. The first kappa shape index (κ1) is 16.8. The van der Waals surface area contributed by atoms with Gasteiger partial charge in [-0.2, -0.15) is 9.97 Å². The van der Waals surface area contributed by atoms with E-state index in [1.165, 1.54) is 11.1 Å². The summed E-state index contributed by atoms with van der Waals surface area (Å²) in [5, 5.41) is 6.76. The van der Waals surface area contributed by atoms with E-state index in [0.717, 1.165) is 0 Å². The molecule has 0 spiro atoms. The summed E-state index contributed by atoms with van der Waals surface area (Å²) < 4.78 is 0. The molecular formula is C20H23N5. The maximum absolute atomic E-state index is 5.89. The van der Waals surface area contributed by atoms with Crippen LogP contribution in [-0.4, -0.2) is 9.97 Å². The molecule has 3 rings (SSSR count). The zero-order valence-electron chi connectivity index (χ0n) is 14.5. The quantitative estimate of drug-likeness (QED) is 0.623. The number of hydrogen-bond acceptors (Lipinski definition) is 5. The molecule has 128 valence electrons. The van der Waals surface area contributed by atoms with E-state index in [9.17, 15) is 0 Å². The summed E-state index contributed by atoms with van der Waals surface area (Å²) in [5.74, 6) is 1.64. The number of rotatable bonds is 6. The number of nitrogen functional groups attached to an aromatic ring is 1. The van der Waals surface area contributed by atoms with Crippen molar-refractivity contribution >= 4 is 17.6 Å². The minimum atomic E-state index is 0.120. The van der Waals surface area contributed by atoms with Crippen molar-refractivity contribution < 1.29 is 0 Å². The highest BCUT2D eigenvalue weighted by Gasteiger charge is 2.10. The van der Waals surface area contributed by atoms with Crippen molar-refractivity contribution in [2.24, 2.45) is 0 Å². The van der Waals surface area contributed by atoms with Crippen molar-refractivity contribution in [1.29, 1.82) is 0 Å². The predicted molar refractivity (Wildman–Crippen MR) is 103 cm³/mol. The van der Waals surface area contributed by atoms with Crippen LogP contribution >= 0.6 is 0 Å². The number of hydrogen-bond donors (Lipinski definition) is 3. The van der Waals surface area contributed by atoms with E-state index < -0.39 is 0 Å². The van der Waals surface area contributed by atoms with Crippen molar-refractivity contribution in [3.05, 3.63) is 77.9 Å². The van der Waals surface area contributed by atoms with E-state index in [0.29, 0.717) is 11.6 Å². The lowest BCUT2D eigenvalue weighted by Gasteiger charge is -2.18. The van der Waals surface area contributed by atoms with Crippen molar-refractivity contribution in [3.8, 4) is 0 Å². The van der Waals surface area contributed by atoms with E-state index in [4.69, 9.17) is 5.73 Å². The molecule has 0 radical (unpaired) electrons. The van der Waals surface area contributed by atoms with Crippen molar-refractivity contribution in [2.75, 3.05) is 16.4 Å². The molecule has 0 aliphatic heterocycles. The van der Waals surface area contributed by atoms with Gasteiger partial charge >= 0.3 is 0 Å². The van der Waals surface area contributed by atoms with Crippen molar-refractivity contribution in [1.82, 2.24) is 9.97 Å². The molecule has 4 N–H and O–H groups in total. The molecule has 1 heterocycles. The first-order valence-corrected chi connectivity index (χ1v) is 8.39. The highest BCUT2D eigenvalue weighted by Crippen LogP contribution is 2.23. The Morgan fingerprint density at radius 2 is 1.12 bits per heavy atom. The Hall–Kier alpha value is -3.08. The van der Waals surface area contributed by atoms with Crippen LogP contribution in [0.1, 0.15) is 37.1 Å². The van der Waals surface area contributed by atoms with E-state index in [1.807, 2.05) is 42.5 Å². The highest BCUT2D eigenvalue weighted by molar-refractivity contribution is 5.53. The molecule has 2 aromatic carbocycles. The Bertz CT molecular complexity index is 739. The van der Waals surface area contributed by atoms with Gasteiger partial charge in [-0.25, -0.2) is 0 Å². The van der Waals surface area contributed by atoms with Gasteiger partial charge in [0.2, 0.25) is 5.95 Å². The Balaban J connectivity index is 1.74. The van der Waals surface area contributed by atoms with Gasteiger partial charge < -0.3 is 16.4 Å². The summed E-state index contributed by atoms with van der Waals surface area (Å²) in [6.45, 7) is 4.18. The van der Waals surface area contributed by atoms with Crippen LogP contribution in [0, 0.1) is 0 Å². The van der Waals surface area contributed by atoms with Crippen LogP contribution in [-0.2, 0) is 0 Å². The fourth-order valence-corrected chi connectivity index (χ4v) is 2.71. The molecule has 0 amide bonds. The van der Waals surface area contributed by atoms with E-state index in [1.54, 1.807) is 0 Å². The van der Waals surface area contributed by atoms with Gasteiger partial charge in [-0.1, -0.05) is 60.7 Å². The second kappa shape index (κ2) is 7.66. The van der Waals surface area contributed by atoms with E-state index in [-0.39, 0.29) is 18.0 Å². The highest BCUT2D eigenvalue weighted by atomic mass is 15.1. The summed E-state index contributed by atoms with van der Waals surface area (Å²) in [6.07, 6.45) is 0. The average Bonchev–Trinajstić information content (AvgIpc) is 2.62. The van der Waals surface area contributed by atoms with E-state index in [2.05, 4.69) is 58.7 Å². The molecule has 3 aromatic rings. The smallest absolute Gasteiger partial charge is 0.223 e. The third-order valence-electron chi connectivity index (χ3n) is 4.07. The minimum absolute atomic E-state index is 0.120. The van der Waals surface area contributed by atoms with Gasteiger partial charge in [-0.05, 0) is 25.0 Å². The molecule has 0 bridgehead atoms. The van der Waals surface area contributed by atoms with Crippen LogP contribution in [0.2, 0.25) is 0 Å². The number of anilines is 3. The lowest BCUT2D eigenvalue weighted by Crippen LogP contribution is -2.12. The van der Waals surface area contributed by atoms with Gasteiger partial charge in [0.05, 0.1) is 0 Å². The monoisotopic (exact) mass is 333 g/mol. The number of nitrogens with two attached hydrogens (primary N) is 1. The molecule has 2 atom stereocenters.